The van der Waals surface area contributed by atoms with Gasteiger partial charge in [0.2, 0.25) is 0 Å². The normalized spacial score (nSPS) is 18.1. The summed E-state index contributed by atoms with van der Waals surface area (Å²) in [4.78, 5) is 13.2. The van der Waals surface area contributed by atoms with Crippen LogP contribution in [0.4, 0.5) is 5.82 Å². The Kier molecular flexibility index (Phi) is 3.47. The van der Waals surface area contributed by atoms with E-state index in [1.165, 1.54) is 0 Å². The maximum absolute atomic E-state index is 5.54. The van der Waals surface area contributed by atoms with Crippen LogP contribution < -0.4 is 5.32 Å². The molecule has 7 nitrogen and oxygen atoms in total. The highest BCUT2D eigenvalue weighted by atomic mass is 32.1. The van der Waals surface area contributed by atoms with Gasteiger partial charge >= 0.3 is 0 Å². The molecular formula is C14H15N5O2S. The second kappa shape index (κ2) is 5.62. The van der Waals surface area contributed by atoms with Crippen LogP contribution in [0.15, 0.2) is 16.0 Å². The maximum Gasteiger partial charge on any atom is 0.255 e. The van der Waals surface area contributed by atoms with E-state index in [0.717, 1.165) is 41.3 Å². The fourth-order valence-corrected chi connectivity index (χ4v) is 3.30. The minimum atomic E-state index is -0.0495. The predicted octanol–water partition coefficient (Wildman–Crippen LogP) is 2.85. The zero-order chi connectivity index (χ0) is 14.9. The van der Waals surface area contributed by atoms with E-state index in [0.29, 0.717) is 18.3 Å². The Morgan fingerprint density at radius 3 is 3.18 bits per heavy atom. The molecule has 3 aromatic heterocycles. The molecule has 4 rings (SSSR count). The highest BCUT2D eigenvalue weighted by molar-refractivity contribution is 7.17. The molecule has 0 spiro atoms. The number of anilines is 1. The summed E-state index contributed by atoms with van der Waals surface area (Å²) in [6.45, 7) is 3.10. The molecule has 0 unspecified atom stereocenters. The standard InChI is InChI=1S/C14H15N5O2S/c1-8-16-9-4-6-22-12(9)13(17-8)15-7-11-18-14(21-19-11)10-3-2-5-20-10/h4,6,10H,2-3,5,7H2,1H3,(H,15,16,17)/t10-/m1/s1. The van der Waals surface area contributed by atoms with E-state index in [9.17, 15) is 0 Å². The van der Waals surface area contributed by atoms with Gasteiger partial charge in [-0.15, -0.1) is 11.3 Å². The van der Waals surface area contributed by atoms with Crippen molar-refractivity contribution >= 4 is 27.4 Å². The van der Waals surface area contributed by atoms with E-state index >= 15 is 0 Å². The highest BCUT2D eigenvalue weighted by Gasteiger charge is 2.23. The number of nitrogens with one attached hydrogen (secondary N) is 1. The minimum absolute atomic E-state index is 0.0495. The lowest BCUT2D eigenvalue weighted by atomic mass is 10.2. The van der Waals surface area contributed by atoms with Crippen LogP contribution in [-0.4, -0.2) is 26.7 Å². The molecule has 1 N–H and O–H groups in total. The first-order valence-electron chi connectivity index (χ1n) is 7.19. The first-order chi connectivity index (χ1) is 10.8. The fourth-order valence-electron chi connectivity index (χ4n) is 2.50. The van der Waals surface area contributed by atoms with Gasteiger partial charge in [0, 0.05) is 6.61 Å². The Labute approximate surface area is 130 Å². The van der Waals surface area contributed by atoms with Gasteiger partial charge < -0.3 is 14.6 Å². The van der Waals surface area contributed by atoms with E-state index in [1.807, 2.05) is 18.4 Å². The van der Waals surface area contributed by atoms with Crippen LogP contribution in [0.25, 0.3) is 10.2 Å². The molecular weight excluding hydrogens is 302 g/mol. The lowest BCUT2D eigenvalue weighted by Crippen LogP contribution is -2.05. The summed E-state index contributed by atoms with van der Waals surface area (Å²) in [7, 11) is 0. The Hall–Kier alpha value is -2.06. The van der Waals surface area contributed by atoms with Crippen molar-refractivity contribution in [2.24, 2.45) is 0 Å². The molecule has 1 atom stereocenters. The SMILES string of the molecule is Cc1nc(NCc2noc([C@H]3CCCO3)n2)c2sccc2n1. The van der Waals surface area contributed by atoms with Gasteiger partial charge in [0.25, 0.3) is 5.89 Å². The topological polar surface area (TPSA) is 86.0 Å². The summed E-state index contributed by atoms with van der Waals surface area (Å²) in [6, 6.07) is 1.99. The zero-order valence-electron chi connectivity index (χ0n) is 12.1. The Balaban J connectivity index is 1.50. The van der Waals surface area contributed by atoms with E-state index < -0.39 is 0 Å². The molecule has 0 aromatic carbocycles. The molecule has 1 aliphatic heterocycles. The van der Waals surface area contributed by atoms with Crippen LogP contribution in [-0.2, 0) is 11.3 Å². The number of aryl methyl sites for hydroxylation is 1. The Morgan fingerprint density at radius 2 is 2.32 bits per heavy atom. The molecule has 0 bridgehead atoms. The molecule has 1 fully saturated rings. The van der Waals surface area contributed by atoms with E-state index in [2.05, 4.69) is 25.4 Å². The van der Waals surface area contributed by atoms with Crippen molar-refractivity contribution in [2.75, 3.05) is 11.9 Å². The second-order valence-corrected chi connectivity index (χ2v) is 6.07. The molecule has 8 heteroatoms. The van der Waals surface area contributed by atoms with Crippen molar-refractivity contribution in [3.8, 4) is 0 Å². The van der Waals surface area contributed by atoms with Gasteiger partial charge in [0.05, 0.1) is 16.8 Å². The lowest BCUT2D eigenvalue weighted by molar-refractivity contribution is 0.0835. The highest BCUT2D eigenvalue weighted by Crippen LogP contribution is 2.28. The van der Waals surface area contributed by atoms with Gasteiger partial charge in [0.1, 0.15) is 17.7 Å². The quantitative estimate of drug-likeness (QED) is 0.791. The summed E-state index contributed by atoms with van der Waals surface area (Å²) >= 11 is 1.61. The van der Waals surface area contributed by atoms with Gasteiger partial charge in [-0.25, -0.2) is 9.97 Å². The van der Waals surface area contributed by atoms with E-state index in [-0.39, 0.29) is 6.10 Å². The number of ether oxygens (including phenoxy) is 1. The minimum Gasteiger partial charge on any atom is -0.368 e. The largest absolute Gasteiger partial charge is 0.368 e. The van der Waals surface area contributed by atoms with E-state index in [4.69, 9.17) is 9.26 Å². The molecule has 0 radical (unpaired) electrons. The van der Waals surface area contributed by atoms with Crippen molar-refractivity contribution < 1.29 is 9.26 Å². The Morgan fingerprint density at radius 1 is 1.36 bits per heavy atom. The van der Waals surface area contributed by atoms with Crippen LogP contribution in [0.1, 0.15) is 36.5 Å². The van der Waals surface area contributed by atoms with Crippen LogP contribution >= 0.6 is 11.3 Å². The molecule has 1 saturated heterocycles. The van der Waals surface area contributed by atoms with E-state index in [1.54, 1.807) is 11.3 Å². The average molecular weight is 317 g/mol. The zero-order valence-corrected chi connectivity index (χ0v) is 12.9. The summed E-state index contributed by atoms with van der Waals surface area (Å²) in [5, 5.41) is 9.27. The lowest BCUT2D eigenvalue weighted by Gasteiger charge is -2.05. The van der Waals surface area contributed by atoms with Crippen molar-refractivity contribution in [3.05, 3.63) is 29.0 Å². The average Bonchev–Trinajstić information content (AvgIpc) is 3.24. The number of nitrogens with zero attached hydrogens (tertiary/aromatic N) is 4. The maximum atomic E-state index is 5.54. The number of rotatable bonds is 4. The van der Waals surface area contributed by atoms with Crippen LogP contribution in [0.3, 0.4) is 0 Å². The summed E-state index contributed by atoms with van der Waals surface area (Å²) < 4.78 is 11.9. The van der Waals surface area contributed by atoms with Crippen molar-refractivity contribution in [1.29, 1.82) is 0 Å². The summed E-state index contributed by atoms with van der Waals surface area (Å²) in [6.07, 6.45) is 1.93. The smallest absolute Gasteiger partial charge is 0.255 e. The van der Waals surface area contributed by atoms with Crippen molar-refractivity contribution in [2.45, 2.75) is 32.4 Å². The third-order valence-corrected chi connectivity index (χ3v) is 4.43. The number of hydrogen-bond donors (Lipinski definition) is 1. The number of thiophene rings is 1. The fraction of sp³-hybridized carbons (Fsp3) is 0.429. The third kappa shape index (κ3) is 2.55. The summed E-state index contributed by atoms with van der Waals surface area (Å²) in [5.74, 6) is 2.71. The van der Waals surface area contributed by atoms with Crippen LogP contribution in [0.2, 0.25) is 0 Å². The monoisotopic (exact) mass is 317 g/mol. The van der Waals surface area contributed by atoms with Gasteiger partial charge in [-0.2, -0.15) is 4.98 Å². The van der Waals surface area contributed by atoms with Crippen LogP contribution in [0, 0.1) is 6.92 Å². The number of fused-ring (bicyclic) bond motifs is 1. The molecule has 114 valence electrons. The van der Waals surface area contributed by atoms with Gasteiger partial charge in [0.15, 0.2) is 5.82 Å². The molecule has 0 amide bonds. The molecule has 1 aliphatic rings. The molecule has 4 heterocycles. The van der Waals surface area contributed by atoms with Gasteiger partial charge in [-0.3, -0.25) is 0 Å². The number of aromatic nitrogens is 4. The van der Waals surface area contributed by atoms with Gasteiger partial charge in [-0.05, 0) is 31.2 Å². The first-order valence-corrected chi connectivity index (χ1v) is 8.07. The van der Waals surface area contributed by atoms with Gasteiger partial charge in [-0.1, -0.05) is 5.16 Å². The Bertz CT molecular complexity index is 793. The molecule has 22 heavy (non-hydrogen) atoms. The first kappa shape index (κ1) is 13.6. The molecule has 0 aliphatic carbocycles. The molecule has 3 aromatic rings. The third-order valence-electron chi connectivity index (χ3n) is 3.52. The van der Waals surface area contributed by atoms with Crippen molar-refractivity contribution in [3.63, 3.8) is 0 Å². The van der Waals surface area contributed by atoms with Crippen LogP contribution in [0.5, 0.6) is 0 Å². The number of hydrogen-bond acceptors (Lipinski definition) is 8. The van der Waals surface area contributed by atoms with Crippen molar-refractivity contribution in [1.82, 2.24) is 20.1 Å². The molecule has 0 saturated carbocycles. The summed E-state index contributed by atoms with van der Waals surface area (Å²) in [5.41, 5.74) is 0.952. The predicted molar refractivity (Wildman–Crippen MR) is 81.7 cm³/mol. The second-order valence-electron chi connectivity index (χ2n) is 5.16.